The van der Waals surface area contributed by atoms with Gasteiger partial charge < -0.3 is 9.30 Å². The molecule has 5 rings (SSSR count). The van der Waals surface area contributed by atoms with Gasteiger partial charge in [0.2, 0.25) is 0 Å². The van der Waals surface area contributed by atoms with Gasteiger partial charge in [-0.05, 0) is 25.5 Å². The van der Waals surface area contributed by atoms with E-state index in [1.54, 1.807) is 6.33 Å². The van der Waals surface area contributed by atoms with E-state index in [0.717, 1.165) is 62.0 Å². The molecule has 1 aliphatic heterocycles. The Labute approximate surface area is 167 Å². The van der Waals surface area contributed by atoms with Crippen LogP contribution in [0, 0.1) is 6.92 Å². The van der Waals surface area contributed by atoms with Crippen molar-refractivity contribution in [2.45, 2.75) is 19.9 Å². The highest BCUT2D eigenvalue weighted by Crippen LogP contribution is 2.19. The summed E-state index contributed by atoms with van der Waals surface area (Å²) in [7, 11) is 0. The van der Waals surface area contributed by atoms with Gasteiger partial charge in [-0.2, -0.15) is 14.6 Å². The molecule has 0 atom stereocenters. The summed E-state index contributed by atoms with van der Waals surface area (Å²) >= 11 is 6.08. The minimum absolute atomic E-state index is 0.652. The number of hydrogen-bond acceptors (Lipinski definition) is 6. The summed E-state index contributed by atoms with van der Waals surface area (Å²) in [6, 6.07) is 5.91. The van der Waals surface area contributed by atoms with Crippen molar-refractivity contribution in [2.24, 2.45) is 0 Å². The van der Waals surface area contributed by atoms with Crippen LogP contribution in [0.25, 0.3) is 11.4 Å². The van der Waals surface area contributed by atoms with E-state index in [9.17, 15) is 0 Å². The minimum atomic E-state index is 0.652. The predicted molar refractivity (Wildman–Crippen MR) is 108 cm³/mol. The van der Waals surface area contributed by atoms with Crippen molar-refractivity contribution >= 4 is 28.8 Å². The largest absolute Gasteiger partial charge is 0.355 e. The third-order valence-electron chi connectivity index (χ3n) is 5.12. The van der Waals surface area contributed by atoms with Gasteiger partial charge >= 0.3 is 0 Å². The van der Waals surface area contributed by atoms with Gasteiger partial charge in [0.15, 0.2) is 0 Å². The number of imidazole rings is 1. The maximum Gasteiger partial charge on any atom is 0.254 e. The van der Waals surface area contributed by atoms with Crippen LogP contribution in [0.2, 0.25) is 5.02 Å². The Balaban J connectivity index is 1.33. The zero-order valence-electron chi connectivity index (χ0n) is 15.7. The van der Waals surface area contributed by atoms with Gasteiger partial charge in [0.05, 0.1) is 10.7 Å². The summed E-state index contributed by atoms with van der Waals surface area (Å²) in [5, 5.41) is 5.06. The molecule has 144 valence electrons. The first-order valence-corrected chi connectivity index (χ1v) is 9.81. The third-order valence-corrected chi connectivity index (χ3v) is 5.35. The molecule has 0 unspecified atom stereocenters. The Kier molecular flexibility index (Phi) is 4.37. The first-order valence-electron chi connectivity index (χ1n) is 9.43. The van der Waals surface area contributed by atoms with Crippen molar-refractivity contribution in [3.63, 3.8) is 0 Å². The molecule has 0 amide bonds. The lowest BCUT2D eigenvalue weighted by Crippen LogP contribution is -2.31. The van der Waals surface area contributed by atoms with E-state index in [1.165, 1.54) is 0 Å². The first kappa shape index (κ1) is 17.4. The number of fused-ring (bicyclic) bond motifs is 2. The Morgan fingerprint density at radius 1 is 1.07 bits per heavy atom. The van der Waals surface area contributed by atoms with E-state index < -0.39 is 0 Å². The Morgan fingerprint density at radius 3 is 2.93 bits per heavy atom. The monoisotopic (exact) mass is 396 g/mol. The van der Waals surface area contributed by atoms with Crippen molar-refractivity contribution in [3.8, 4) is 0 Å². The summed E-state index contributed by atoms with van der Waals surface area (Å²) in [4.78, 5) is 18.2. The number of halogens is 1. The first-order chi connectivity index (χ1) is 13.7. The number of rotatable bonds is 3. The average Bonchev–Trinajstić information content (AvgIpc) is 3.22. The zero-order chi connectivity index (χ0) is 19.1. The number of aromatic nitrogens is 6. The predicted octanol–water partition coefficient (Wildman–Crippen LogP) is 2.45. The highest BCUT2D eigenvalue weighted by Gasteiger charge is 2.19. The van der Waals surface area contributed by atoms with Crippen molar-refractivity contribution in [1.82, 2.24) is 33.9 Å². The summed E-state index contributed by atoms with van der Waals surface area (Å²) in [6.07, 6.45) is 6.60. The van der Waals surface area contributed by atoms with Gasteiger partial charge in [-0.1, -0.05) is 11.6 Å². The van der Waals surface area contributed by atoms with E-state index in [-0.39, 0.29) is 0 Å². The van der Waals surface area contributed by atoms with Gasteiger partial charge in [-0.15, -0.1) is 0 Å². The molecular weight excluding hydrogens is 376 g/mol. The number of hydrogen-bond donors (Lipinski definition) is 0. The molecule has 0 aliphatic carbocycles. The molecule has 1 saturated heterocycles. The van der Waals surface area contributed by atoms with E-state index in [2.05, 4.69) is 37.1 Å². The van der Waals surface area contributed by atoms with E-state index >= 15 is 0 Å². The summed E-state index contributed by atoms with van der Waals surface area (Å²) in [6.45, 7) is 6.74. The lowest BCUT2D eigenvalue weighted by Gasteiger charge is -2.23. The van der Waals surface area contributed by atoms with E-state index in [4.69, 9.17) is 16.6 Å². The van der Waals surface area contributed by atoms with Crippen LogP contribution in [0.1, 0.15) is 17.8 Å². The van der Waals surface area contributed by atoms with Crippen molar-refractivity contribution in [1.29, 1.82) is 0 Å². The van der Waals surface area contributed by atoms with Gasteiger partial charge in [0, 0.05) is 56.9 Å². The molecule has 0 bridgehead atoms. The standard InChI is InChI=1S/C19H21ClN8/c1-14-9-18(28-19(23-14)21-13-22-28)26-6-2-5-25(7-8-26)11-16-12-27-10-15(20)3-4-17(27)24-16/h3-4,9-10,12-13H,2,5-8,11H2,1H3. The number of pyridine rings is 1. The fraction of sp³-hybridized carbons (Fsp3) is 0.368. The molecule has 0 aromatic carbocycles. The third kappa shape index (κ3) is 3.29. The van der Waals surface area contributed by atoms with Crippen LogP contribution in [0.5, 0.6) is 0 Å². The van der Waals surface area contributed by atoms with Gasteiger partial charge in [-0.3, -0.25) is 4.90 Å². The zero-order valence-corrected chi connectivity index (χ0v) is 16.4. The van der Waals surface area contributed by atoms with Crippen LogP contribution in [-0.2, 0) is 6.54 Å². The lowest BCUT2D eigenvalue weighted by atomic mass is 10.3. The molecule has 0 saturated carbocycles. The molecular formula is C19H21ClN8. The van der Waals surface area contributed by atoms with Crippen molar-refractivity contribution < 1.29 is 0 Å². The lowest BCUT2D eigenvalue weighted by molar-refractivity contribution is 0.282. The van der Waals surface area contributed by atoms with Gasteiger partial charge in [0.1, 0.15) is 17.8 Å². The number of aryl methyl sites for hydroxylation is 1. The van der Waals surface area contributed by atoms with Crippen LogP contribution in [0.4, 0.5) is 5.82 Å². The summed E-state index contributed by atoms with van der Waals surface area (Å²) in [5.74, 6) is 1.71. The topological polar surface area (TPSA) is 66.9 Å². The second kappa shape index (κ2) is 7.03. The van der Waals surface area contributed by atoms with Crippen LogP contribution >= 0.6 is 11.6 Å². The highest BCUT2D eigenvalue weighted by atomic mass is 35.5. The second-order valence-corrected chi connectivity index (χ2v) is 7.63. The average molecular weight is 397 g/mol. The van der Waals surface area contributed by atoms with Crippen LogP contribution in [0.15, 0.2) is 36.9 Å². The molecule has 4 aromatic heterocycles. The van der Waals surface area contributed by atoms with Crippen LogP contribution in [0.3, 0.4) is 0 Å². The van der Waals surface area contributed by atoms with Crippen LogP contribution < -0.4 is 4.90 Å². The van der Waals surface area contributed by atoms with Crippen molar-refractivity contribution in [3.05, 3.63) is 53.3 Å². The van der Waals surface area contributed by atoms with Crippen molar-refractivity contribution in [2.75, 3.05) is 31.1 Å². The normalized spacial score (nSPS) is 16.1. The Hall–Kier alpha value is -2.71. The number of nitrogens with zero attached hydrogens (tertiary/aromatic N) is 8. The molecule has 1 fully saturated rings. The molecule has 28 heavy (non-hydrogen) atoms. The molecule has 8 nitrogen and oxygen atoms in total. The molecule has 4 aromatic rings. The molecule has 0 radical (unpaired) electrons. The smallest absolute Gasteiger partial charge is 0.254 e. The fourth-order valence-electron chi connectivity index (χ4n) is 3.82. The summed E-state index contributed by atoms with van der Waals surface area (Å²) < 4.78 is 3.82. The molecule has 0 spiro atoms. The molecule has 5 heterocycles. The highest BCUT2D eigenvalue weighted by molar-refractivity contribution is 6.30. The van der Waals surface area contributed by atoms with E-state index in [1.807, 2.05) is 34.2 Å². The molecule has 9 heteroatoms. The number of anilines is 1. The van der Waals surface area contributed by atoms with Gasteiger partial charge in [0.25, 0.3) is 5.78 Å². The fourth-order valence-corrected chi connectivity index (χ4v) is 3.99. The SMILES string of the molecule is Cc1cc(N2CCCN(Cc3cn4cc(Cl)ccc4n3)CC2)n2ncnc2n1. The maximum atomic E-state index is 6.08. The maximum absolute atomic E-state index is 6.08. The van der Waals surface area contributed by atoms with E-state index in [0.29, 0.717) is 10.8 Å². The molecule has 1 aliphatic rings. The quantitative estimate of drug-likeness (QED) is 0.530. The summed E-state index contributed by atoms with van der Waals surface area (Å²) in [5.41, 5.74) is 2.95. The van der Waals surface area contributed by atoms with Gasteiger partial charge in [-0.25, -0.2) is 9.97 Å². The Morgan fingerprint density at radius 2 is 2.00 bits per heavy atom. The second-order valence-electron chi connectivity index (χ2n) is 7.19. The van der Waals surface area contributed by atoms with Crippen LogP contribution in [-0.4, -0.2) is 60.0 Å². The molecule has 0 N–H and O–H groups in total. The Bertz CT molecular complexity index is 1130. The minimum Gasteiger partial charge on any atom is -0.355 e.